The van der Waals surface area contributed by atoms with E-state index in [1.54, 1.807) is 11.3 Å². The predicted molar refractivity (Wildman–Crippen MR) is 239 cm³/mol. The first kappa shape index (κ1) is 44.6. The standard InChI is InChI=1S/C23H30N2O2S.C12H13NOS.C9H18N2.CO2.ClH/c1-23(2)19(16-5-7-25(23)8-6-16)15-20(26)22-13-17-3-4-18(14-21(17)28-22)24-9-11-27-12-10-24;1-2-11(13-4-6-14-7-5-13)9-12-10(1)3-8-15-12;1-9(2)8(10)7-3-5-11(9)6-4-7;2-1-3;/h3-4,13-14,16,19H,5-12,15H2,1-2H3;1-3,8-9H,4-7H2;7-8H,3-6,10H2,1-2H3;;1H/t19-;;8-;;/m1.1../s1. The van der Waals surface area contributed by atoms with Crippen molar-refractivity contribution >= 4 is 78.6 Å². The first-order valence-corrected chi connectivity index (χ1v) is 22.6. The van der Waals surface area contributed by atoms with Gasteiger partial charge in [-0.25, -0.2) is 0 Å². The third-order valence-corrected chi connectivity index (χ3v) is 15.9. The van der Waals surface area contributed by atoms with Gasteiger partial charge in [0.05, 0.1) is 31.3 Å². The summed E-state index contributed by atoms with van der Waals surface area (Å²) in [7, 11) is 0. The highest BCUT2D eigenvalue weighted by atomic mass is 35.5. The number of hydrogen-bond acceptors (Lipinski definition) is 12. The number of nitrogens with zero attached hydrogens (tertiary/aromatic N) is 4. The van der Waals surface area contributed by atoms with Crippen molar-refractivity contribution in [1.82, 2.24) is 9.80 Å². The molecule has 58 heavy (non-hydrogen) atoms. The summed E-state index contributed by atoms with van der Waals surface area (Å²) in [6, 6.07) is 18.0. The summed E-state index contributed by atoms with van der Waals surface area (Å²) >= 11 is 3.48. The molecular formula is C45H62ClN5O5S2. The van der Waals surface area contributed by atoms with Crippen LogP contribution >= 0.6 is 35.1 Å². The fourth-order valence-electron chi connectivity index (χ4n) is 10.2. The number of halogens is 1. The van der Waals surface area contributed by atoms with E-state index in [1.165, 1.54) is 83.4 Å². The first-order valence-electron chi connectivity index (χ1n) is 20.9. The lowest BCUT2D eigenvalue weighted by atomic mass is 9.65. The van der Waals surface area contributed by atoms with Crippen molar-refractivity contribution in [3.63, 3.8) is 0 Å². The number of anilines is 2. The second-order valence-corrected chi connectivity index (χ2v) is 19.5. The Morgan fingerprint density at radius 1 is 0.707 bits per heavy atom. The van der Waals surface area contributed by atoms with Crippen molar-refractivity contribution in [2.75, 3.05) is 88.6 Å². The maximum absolute atomic E-state index is 13.2. The van der Waals surface area contributed by atoms with Crippen LogP contribution in [-0.2, 0) is 19.1 Å². The molecule has 4 bridgehead atoms. The van der Waals surface area contributed by atoms with Crippen LogP contribution in [0.2, 0.25) is 0 Å². The molecule has 0 amide bonds. The van der Waals surface area contributed by atoms with E-state index >= 15 is 0 Å². The normalized spacial score (nSPS) is 27.8. The Morgan fingerprint density at radius 2 is 1.21 bits per heavy atom. The number of nitrogens with two attached hydrogens (primary N) is 1. The fraction of sp³-hybridized carbons (Fsp3) is 0.600. The van der Waals surface area contributed by atoms with Gasteiger partial charge in [-0.2, -0.15) is 9.59 Å². The van der Waals surface area contributed by atoms with E-state index in [9.17, 15) is 4.79 Å². The van der Waals surface area contributed by atoms with E-state index < -0.39 is 0 Å². The molecule has 13 heteroatoms. The van der Waals surface area contributed by atoms with Gasteiger partial charge in [-0.1, -0.05) is 12.1 Å². The molecule has 8 aliphatic heterocycles. The molecule has 4 aromatic rings. The molecule has 2 aromatic carbocycles. The van der Waals surface area contributed by atoms with Crippen LogP contribution in [0.25, 0.3) is 20.2 Å². The summed E-state index contributed by atoms with van der Waals surface area (Å²) in [6.45, 7) is 21.4. The number of benzene rings is 2. The third-order valence-electron chi connectivity index (χ3n) is 13.9. The fourth-order valence-corrected chi connectivity index (χ4v) is 12.0. The number of thiophene rings is 2. The predicted octanol–water partition coefficient (Wildman–Crippen LogP) is 7.83. The third kappa shape index (κ3) is 9.83. The van der Waals surface area contributed by atoms with Crippen LogP contribution in [0, 0.1) is 17.8 Å². The van der Waals surface area contributed by atoms with Gasteiger partial charge in [0.2, 0.25) is 0 Å². The molecule has 0 radical (unpaired) electrons. The van der Waals surface area contributed by atoms with E-state index in [2.05, 4.69) is 101 Å². The average Bonchev–Trinajstić information content (AvgIpc) is 3.90. The van der Waals surface area contributed by atoms with Crippen molar-refractivity contribution in [3.8, 4) is 0 Å². The zero-order chi connectivity index (χ0) is 40.2. The highest BCUT2D eigenvalue weighted by Crippen LogP contribution is 2.46. The number of rotatable bonds is 5. The molecule has 12 rings (SSSR count). The average molecular weight is 853 g/mol. The van der Waals surface area contributed by atoms with Crippen LogP contribution in [-0.4, -0.2) is 118 Å². The van der Waals surface area contributed by atoms with Crippen LogP contribution < -0.4 is 15.5 Å². The number of ether oxygens (including phenoxy) is 2. The van der Waals surface area contributed by atoms with Crippen molar-refractivity contribution in [1.29, 1.82) is 0 Å². The molecule has 10 nitrogen and oxygen atoms in total. The van der Waals surface area contributed by atoms with E-state index in [0.29, 0.717) is 30.1 Å². The van der Waals surface area contributed by atoms with Crippen LogP contribution in [0.1, 0.15) is 69.5 Å². The molecule has 8 aliphatic rings. The van der Waals surface area contributed by atoms with Crippen molar-refractivity contribution in [3.05, 3.63) is 58.8 Å². The van der Waals surface area contributed by atoms with E-state index in [-0.39, 0.29) is 29.6 Å². The quantitative estimate of drug-likeness (QED) is 0.200. The van der Waals surface area contributed by atoms with Gasteiger partial charge in [-0.15, -0.1) is 35.1 Å². The van der Waals surface area contributed by atoms with Gasteiger partial charge < -0.3 is 25.0 Å². The van der Waals surface area contributed by atoms with Crippen LogP contribution in [0.5, 0.6) is 0 Å². The minimum Gasteiger partial charge on any atom is -0.378 e. The lowest BCUT2D eigenvalue weighted by Gasteiger charge is -2.56. The zero-order valence-corrected chi connectivity index (χ0v) is 37.1. The molecule has 8 saturated heterocycles. The Bertz CT molecular complexity index is 1980. The second-order valence-electron chi connectivity index (χ2n) is 17.5. The van der Waals surface area contributed by atoms with Gasteiger partial charge in [0.15, 0.2) is 5.78 Å². The minimum absolute atomic E-state index is 0. The molecular weight excluding hydrogens is 790 g/mol. The molecule has 0 aliphatic carbocycles. The van der Waals surface area contributed by atoms with E-state index in [4.69, 9.17) is 24.8 Å². The number of morpholine rings is 2. The number of hydrogen-bond donors (Lipinski definition) is 1. The Labute approximate surface area is 358 Å². The largest absolute Gasteiger partial charge is 0.378 e. The number of carbonyl (C=O) groups excluding carboxylic acids is 3. The van der Waals surface area contributed by atoms with Crippen LogP contribution in [0.15, 0.2) is 53.9 Å². The summed E-state index contributed by atoms with van der Waals surface area (Å²) < 4.78 is 13.4. The molecule has 2 aromatic heterocycles. The number of piperidine rings is 6. The van der Waals surface area contributed by atoms with Crippen LogP contribution in [0.4, 0.5) is 11.4 Å². The van der Waals surface area contributed by atoms with Gasteiger partial charge in [0, 0.05) is 70.5 Å². The topological polar surface area (TPSA) is 109 Å². The summed E-state index contributed by atoms with van der Waals surface area (Å²) in [5.74, 6) is 2.33. The van der Waals surface area contributed by atoms with Crippen molar-refractivity contribution < 1.29 is 23.9 Å². The lowest BCUT2D eigenvalue weighted by molar-refractivity contribution is -0.191. The molecule has 10 heterocycles. The monoisotopic (exact) mass is 851 g/mol. The second kappa shape index (κ2) is 19.7. The zero-order valence-electron chi connectivity index (χ0n) is 34.7. The maximum atomic E-state index is 13.2. The molecule has 0 spiro atoms. The number of Topliss-reactive ketones (excluding diaryl/α,β-unsaturated/α-hetero) is 1. The molecule has 0 saturated carbocycles. The van der Waals surface area contributed by atoms with Gasteiger partial charge in [-0.05, 0) is 150 Å². The Balaban J connectivity index is 0.000000158. The molecule has 8 fully saturated rings. The summed E-state index contributed by atoms with van der Waals surface area (Å²) in [4.78, 5) is 40.3. The minimum atomic E-state index is 0. The van der Waals surface area contributed by atoms with E-state index in [1.807, 2.05) is 11.3 Å². The Kier molecular flexibility index (Phi) is 15.1. The number of ketones is 1. The van der Waals surface area contributed by atoms with Gasteiger partial charge in [-0.3, -0.25) is 14.6 Å². The SMILES string of the molecule is CC1(C)[C@H](CC(=O)c2cc3ccc(N4CCOCC4)cc3s2)C2CCN1CC2.CC1(C)[C@H](N)C2CCN1CC2.Cl.O=C=O.c1cc2ccc(N3CCOCC3)cc2s1. The highest BCUT2D eigenvalue weighted by molar-refractivity contribution is 7.20. The van der Waals surface area contributed by atoms with Gasteiger partial charge in [0.25, 0.3) is 0 Å². The van der Waals surface area contributed by atoms with Gasteiger partial charge in [0.1, 0.15) is 0 Å². The maximum Gasteiger partial charge on any atom is 0.373 e. The smallest absolute Gasteiger partial charge is 0.373 e. The molecule has 2 N–H and O–H groups in total. The van der Waals surface area contributed by atoms with Crippen molar-refractivity contribution in [2.45, 2.75) is 76.9 Å². The molecule has 316 valence electrons. The number of fused-ring (bicyclic) bond motifs is 8. The highest BCUT2D eigenvalue weighted by Gasteiger charge is 2.48. The first-order chi connectivity index (χ1) is 27.5. The summed E-state index contributed by atoms with van der Waals surface area (Å²) in [5.41, 5.74) is 9.14. The molecule has 0 unspecified atom stereocenters. The van der Waals surface area contributed by atoms with Gasteiger partial charge >= 0.3 is 6.15 Å². The Hall–Kier alpha value is -2.90. The lowest BCUT2D eigenvalue weighted by Crippen LogP contribution is -2.67. The Morgan fingerprint density at radius 3 is 1.71 bits per heavy atom. The molecule has 2 atom stereocenters. The summed E-state index contributed by atoms with van der Waals surface area (Å²) in [5, 5.41) is 4.68. The van der Waals surface area contributed by atoms with Crippen molar-refractivity contribution in [2.24, 2.45) is 23.5 Å². The van der Waals surface area contributed by atoms with E-state index in [0.717, 1.165) is 63.4 Å². The summed E-state index contributed by atoms with van der Waals surface area (Å²) in [6.07, 6.45) is 6.11. The van der Waals surface area contributed by atoms with Crippen LogP contribution in [0.3, 0.4) is 0 Å². The number of carbonyl (C=O) groups is 1.